The Morgan fingerprint density at radius 3 is 1.59 bits per heavy atom. The number of hydrogen-bond donors (Lipinski definition) is 0. The Balaban J connectivity index is 2.03. The first kappa shape index (κ1) is 19.0. The Morgan fingerprint density at radius 2 is 1.07 bits per heavy atom. The fourth-order valence-electron chi connectivity index (χ4n) is 3.16. The van der Waals surface area contributed by atoms with Crippen molar-refractivity contribution in [1.29, 1.82) is 0 Å². The molecular weight excluding hydrogens is 369 g/mol. The van der Waals surface area contributed by atoms with Gasteiger partial charge in [0.2, 0.25) is 0 Å². The predicted molar refractivity (Wildman–Crippen MR) is 126 cm³/mol. The molecule has 0 amide bonds. The molecule has 0 saturated carbocycles. The largest absolute Gasteiger partial charge is 0.246 e. The van der Waals surface area contributed by atoms with Crippen LogP contribution in [0, 0.1) is 18.5 Å². The van der Waals surface area contributed by atoms with E-state index in [1.54, 1.807) is 0 Å². The van der Waals surface area contributed by atoms with Crippen molar-refractivity contribution in [2.45, 2.75) is 6.92 Å². The second-order valence-electron chi connectivity index (χ2n) is 6.84. The van der Waals surface area contributed by atoms with Crippen molar-refractivity contribution in [3.8, 4) is 11.6 Å². The van der Waals surface area contributed by atoms with Gasteiger partial charge in [-0.1, -0.05) is 102 Å². The molecule has 140 valence electrons. The highest BCUT2D eigenvalue weighted by molar-refractivity contribution is 7.85. The van der Waals surface area contributed by atoms with E-state index in [1.165, 1.54) is 5.56 Å². The number of nitrogens with zero attached hydrogens (tertiary/aromatic N) is 1. The summed E-state index contributed by atoms with van der Waals surface area (Å²) in [5, 5.41) is 2.32. The molecule has 0 atom stereocenters. The Hall–Kier alpha value is -3.33. The second kappa shape index (κ2) is 8.78. The topological polar surface area (TPSA) is 12.4 Å². The van der Waals surface area contributed by atoms with Crippen molar-refractivity contribution >= 4 is 23.4 Å². The van der Waals surface area contributed by atoms with E-state index in [-0.39, 0.29) is 0 Å². The minimum absolute atomic E-state index is 0.957. The fourth-order valence-corrected chi connectivity index (χ4v) is 5.97. The second-order valence-corrected chi connectivity index (χ2v) is 9.57. The molecule has 1 nitrogen and oxygen atoms in total. The quantitative estimate of drug-likeness (QED) is 0.280. The first-order valence-electron chi connectivity index (χ1n) is 9.65. The van der Waals surface area contributed by atoms with Crippen LogP contribution in [0.2, 0.25) is 0 Å². The molecule has 0 spiro atoms. The zero-order chi connectivity index (χ0) is 19.9. The molecule has 2 heteroatoms. The van der Waals surface area contributed by atoms with E-state index < -0.39 is 7.05 Å². The van der Waals surface area contributed by atoms with Crippen LogP contribution in [0.25, 0.3) is 0 Å². The van der Waals surface area contributed by atoms with Gasteiger partial charge in [0.15, 0.2) is 0 Å². The first-order valence-corrected chi connectivity index (χ1v) is 11.4. The van der Waals surface area contributed by atoms with Crippen molar-refractivity contribution in [3.63, 3.8) is 0 Å². The number of rotatable bonds is 3. The highest BCUT2D eigenvalue weighted by Crippen LogP contribution is 2.49. The van der Waals surface area contributed by atoms with Gasteiger partial charge in [-0.3, -0.25) is 0 Å². The van der Waals surface area contributed by atoms with Gasteiger partial charge in [0, 0.05) is 16.2 Å². The van der Waals surface area contributed by atoms with E-state index in [4.69, 9.17) is 4.74 Å². The first-order chi connectivity index (χ1) is 14.3. The standard InChI is InChI=1S/C27H22NP/c1-23-17-19-25(20-18-23)28-29(26-13-7-3-8-14-26,27-15-9-4-10-16-27)22-21-24-11-5-2-6-12-24/h2-20H,1H3. The molecule has 0 saturated heterocycles. The molecule has 4 aromatic carbocycles. The maximum atomic E-state index is 5.32. The summed E-state index contributed by atoms with van der Waals surface area (Å²) < 4.78 is 5.32. The molecule has 0 heterocycles. The molecule has 0 aliphatic rings. The van der Waals surface area contributed by atoms with Gasteiger partial charge in [0.1, 0.15) is 7.05 Å². The van der Waals surface area contributed by atoms with Crippen molar-refractivity contribution in [1.82, 2.24) is 0 Å². The molecule has 29 heavy (non-hydrogen) atoms. The van der Waals surface area contributed by atoms with Gasteiger partial charge in [-0.05, 0) is 36.9 Å². The Bertz CT molecular complexity index is 1140. The smallest absolute Gasteiger partial charge is 0.101 e. The van der Waals surface area contributed by atoms with Crippen LogP contribution in [0.4, 0.5) is 5.69 Å². The highest BCUT2D eigenvalue weighted by Gasteiger charge is 2.22. The van der Waals surface area contributed by atoms with Crippen LogP contribution in [0.1, 0.15) is 11.1 Å². The van der Waals surface area contributed by atoms with Gasteiger partial charge in [0.05, 0.1) is 5.69 Å². The van der Waals surface area contributed by atoms with Crippen LogP contribution in [0.15, 0.2) is 120 Å². The van der Waals surface area contributed by atoms with E-state index in [0.29, 0.717) is 0 Å². The normalized spacial score (nSPS) is 10.7. The molecular formula is C27H22NP. The van der Waals surface area contributed by atoms with Crippen molar-refractivity contribution in [2.75, 3.05) is 0 Å². The lowest BCUT2D eigenvalue weighted by molar-refractivity contribution is 1.45. The number of aryl methyl sites for hydroxylation is 1. The molecule has 0 N–H and O–H groups in total. The van der Waals surface area contributed by atoms with Gasteiger partial charge in [-0.2, -0.15) is 0 Å². The zero-order valence-electron chi connectivity index (χ0n) is 16.4. The third kappa shape index (κ3) is 4.40. The lowest BCUT2D eigenvalue weighted by Gasteiger charge is -2.20. The lowest BCUT2D eigenvalue weighted by Crippen LogP contribution is -2.14. The van der Waals surface area contributed by atoms with Crippen LogP contribution in [0.3, 0.4) is 0 Å². The van der Waals surface area contributed by atoms with E-state index in [2.05, 4.69) is 91.3 Å². The number of hydrogen-bond acceptors (Lipinski definition) is 1. The van der Waals surface area contributed by atoms with Crippen LogP contribution < -0.4 is 10.6 Å². The summed E-state index contributed by atoms with van der Waals surface area (Å²) in [6.45, 7) is 2.09. The molecule has 0 unspecified atom stereocenters. The molecule has 0 aromatic heterocycles. The lowest BCUT2D eigenvalue weighted by atomic mass is 10.2. The summed E-state index contributed by atoms with van der Waals surface area (Å²) in [7, 11) is -2.34. The predicted octanol–water partition coefficient (Wildman–Crippen LogP) is 6.49. The molecule has 0 bridgehead atoms. The van der Waals surface area contributed by atoms with E-state index >= 15 is 0 Å². The third-order valence-corrected chi connectivity index (χ3v) is 7.75. The van der Waals surface area contributed by atoms with Crippen molar-refractivity contribution in [2.24, 2.45) is 4.74 Å². The van der Waals surface area contributed by atoms with Crippen LogP contribution in [-0.4, -0.2) is 0 Å². The summed E-state index contributed by atoms with van der Waals surface area (Å²) in [6.07, 6.45) is 0. The van der Waals surface area contributed by atoms with E-state index in [9.17, 15) is 0 Å². The SMILES string of the molecule is Cc1ccc(N=P(C#Cc2ccccc2)(c2ccccc2)c2ccccc2)cc1. The molecule has 4 aromatic rings. The van der Waals surface area contributed by atoms with Crippen LogP contribution >= 0.6 is 7.05 Å². The summed E-state index contributed by atoms with van der Waals surface area (Å²) in [6, 6.07) is 39.5. The zero-order valence-corrected chi connectivity index (χ0v) is 17.3. The van der Waals surface area contributed by atoms with Crippen molar-refractivity contribution in [3.05, 3.63) is 126 Å². The van der Waals surface area contributed by atoms with E-state index in [1.807, 2.05) is 42.5 Å². The molecule has 0 aliphatic heterocycles. The fraction of sp³-hybridized carbons (Fsp3) is 0.0370. The summed E-state index contributed by atoms with van der Waals surface area (Å²) in [5.41, 5.74) is 6.82. The van der Waals surface area contributed by atoms with Crippen LogP contribution in [-0.2, 0) is 0 Å². The van der Waals surface area contributed by atoms with Gasteiger partial charge < -0.3 is 0 Å². The molecule has 0 fully saturated rings. The van der Waals surface area contributed by atoms with Gasteiger partial charge in [-0.25, -0.2) is 4.74 Å². The van der Waals surface area contributed by atoms with Gasteiger partial charge in [0.25, 0.3) is 0 Å². The summed E-state index contributed by atoms with van der Waals surface area (Å²) in [5.74, 6) is 3.42. The average Bonchev–Trinajstić information content (AvgIpc) is 2.80. The third-order valence-electron chi connectivity index (χ3n) is 4.69. The molecule has 4 rings (SSSR count). The Kier molecular flexibility index (Phi) is 5.76. The minimum Gasteiger partial charge on any atom is -0.246 e. The average molecular weight is 391 g/mol. The minimum atomic E-state index is -2.34. The van der Waals surface area contributed by atoms with Gasteiger partial charge in [-0.15, -0.1) is 0 Å². The van der Waals surface area contributed by atoms with Crippen molar-refractivity contribution < 1.29 is 0 Å². The van der Waals surface area contributed by atoms with Gasteiger partial charge >= 0.3 is 0 Å². The number of benzene rings is 4. The Labute approximate surface area is 173 Å². The monoisotopic (exact) mass is 391 g/mol. The van der Waals surface area contributed by atoms with E-state index in [0.717, 1.165) is 21.9 Å². The molecule has 0 aliphatic carbocycles. The summed E-state index contributed by atoms with van der Waals surface area (Å²) >= 11 is 0. The molecule has 0 radical (unpaired) electrons. The maximum absolute atomic E-state index is 5.32. The highest BCUT2D eigenvalue weighted by atomic mass is 31.2. The summed E-state index contributed by atoms with van der Waals surface area (Å²) in [4.78, 5) is 0. The van der Waals surface area contributed by atoms with Crippen LogP contribution in [0.5, 0.6) is 0 Å². The maximum Gasteiger partial charge on any atom is 0.101 e. The Morgan fingerprint density at radius 1 is 0.586 bits per heavy atom.